The van der Waals surface area contributed by atoms with Crippen LogP contribution in [-0.4, -0.2) is 53.9 Å². The molecule has 5 heteroatoms. The van der Waals surface area contributed by atoms with Crippen molar-refractivity contribution >= 4 is 17.2 Å². The Morgan fingerprint density at radius 2 is 2.29 bits per heavy atom. The molecule has 0 saturated carbocycles. The van der Waals surface area contributed by atoms with Gasteiger partial charge in [0.05, 0.1) is 18.3 Å². The van der Waals surface area contributed by atoms with Crippen LogP contribution in [-0.2, 0) is 9.47 Å². The molecule has 0 aliphatic carbocycles. The summed E-state index contributed by atoms with van der Waals surface area (Å²) in [5.41, 5.74) is 5.67. The molecule has 2 unspecified atom stereocenters. The van der Waals surface area contributed by atoms with Gasteiger partial charge in [-0.2, -0.15) is 0 Å². The number of hydrogen-bond acceptors (Lipinski definition) is 4. The van der Waals surface area contributed by atoms with Gasteiger partial charge in [-0.05, 0) is 26.7 Å². The molecule has 0 aromatic rings. The minimum Gasteiger partial charge on any atom is -0.391 e. The van der Waals surface area contributed by atoms with Gasteiger partial charge in [0, 0.05) is 19.6 Å². The summed E-state index contributed by atoms with van der Waals surface area (Å²) >= 11 is 4.98. The highest BCUT2D eigenvalue weighted by molar-refractivity contribution is 7.80. The van der Waals surface area contributed by atoms with E-state index in [2.05, 4.69) is 18.7 Å². The molecule has 4 nitrogen and oxygen atoms in total. The summed E-state index contributed by atoms with van der Waals surface area (Å²) in [5.74, 6) is 0. The van der Waals surface area contributed by atoms with Crippen molar-refractivity contribution in [1.29, 1.82) is 0 Å². The molecular formula is C12H22N2O2S. The van der Waals surface area contributed by atoms with Crippen molar-refractivity contribution < 1.29 is 9.47 Å². The summed E-state index contributed by atoms with van der Waals surface area (Å²) in [6.45, 7) is 7.73. The van der Waals surface area contributed by atoms with Gasteiger partial charge < -0.3 is 15.2 Å². The molecule has 2 atom stereocenters. The second-order valence-corrected chi connectivity index (χ2v) is 6.03. The molecule has 2 rings (SSSR count). The molecule has 98 valence electrons. The summed E-state index contributed by atoms with van der Waals surface area (Å²) in [7, 11) is 0. The Bertz CT molecular complexity index is 296. The third kappa shape index (κ3) is 3.61. The van der Waals surface area contributed by atoms with Crippen LogP contribution in [0.4, 0.5) is 0 Å². The Balaban J connectivity index is 1.81. The van der Waals surface area contributed by atoms with Gasteiger partial charge in [0.1, 0.15) is 11.1 Å². The molecule has 0 radical (unpaired) electrons. The SMILES string of the molecule is CC1(C)CCC(CN2CCOC(C(N)=S)C2)O1. The molecule has 2 aliphatic heterocycles. The van der Waals surface area contributed by atoms with Gasteiger partial charge >= 0.3 is 0 Å². The molecule has 17 heavy (non-hydrogen) atoms. The largest absolute Gasteiger partial charge is 0.391 e. The third-order valence-electron chi connectivity index (χ3n) is 3.48. The fourth-order valence-electron chi connectivity index (χ4n) is 2.53. The topological polar surface area (TPSA) is 47.7 Å². The molecule has 2 heterocycles. The molecule has 0 aromatic heterocycles. The lowest BCUT2D eigenvalue weighted by atomic mass is 10.1. The first kappa shape index (κ1) is 13.2. The maximum absolute atomic E-state index is 6.00. The lowest BCUT2D eigenvalue weighted by molar-refractivity contribution is -0.0507. The molecule has 0 spiro atoms. The van der Waals surface area contributed by atoms with E-state index in [1.165, 1.54) is 0 Å². The number of hydrogen-bond donors (Lipinski definition) is 1. The second-order valence-electron chi connectivity index (χ2n) is 5.56. The number of nitrogens with zero attached hydrogens (tertiary/aromatic N) is 1. The van der Waals surface area contributed by atoms with E-state index in [0.717, 1.165) is 32.5 Å². The number of morpholine rings is 1. The quantitative estimate of drug-likeness (QED) is 0.763. The van der Waals surface area contributed by atoms with Crippen molar-refractivity contribution in [2.75, 3.05) is 26.2 Å². The summed E-state index contributed by atoms with van der Waals surface area (Å²) in [6, 6.07) is 0. The first-order valence-corrected chi connectivity index (χ1v) is 6.68. The van der Waals surface area contributed by atoms with Gasteiger partial charge in [0.25, 0.3) is 0 Å². The molecule has 0 bridgehead atoms. The predicted octanol–water partition coefficient (Wildman–Crippen LogP) is 0.931. The van der Waals surface area contributed by atoms with E-state index in [4.69, 9.17) is 27.4 Å². The predicted molar refractivity (Wildman–Crippen MR) is 71.2 cm³/mol. The lowest BCUT2D eigenvalue weighted by Gasteiger charge is -2.34. The fourth-order valence-corrected chi connectivity index (χ4v) is 2.68. The van der Waals surface area contributed by atoms with Crippen LogP contribution in [0.15, 0.2) is 0 Å². The molecule has 0 aromatic carbocycles. The standard InChI is InChI=1S/C12H22N2O2S/c1-12(2)4-3-9(16-12)7-14-5-6-15-10(8-14)11(13)17/h9-10H,3-8H2,1-2H3,(H2,13,17). The van der Waals surface area contributed by atoms with Gasteiger partial charge in [-0.1, -0.05) is 12.2 Å². The van der Waals surface area contributed by atoms with Gasteiger partial charge in [-0.15, -0.1) is 0 Å². The van der Waals surface area contributed by atoms with Crippen LogP contribution in [0, 0.1) is 0 Å². The van der Waals surface area contributed by atoms with Crippen LogP contribution < -0.4 is 5.73 Å². The van der Waals surface area contributed by atoms with Crippen LogP contribution in [0.2, 0.25) is 0 Å². The highest BCUT2D eigenvalue weighted by Gasteiger charge is 2.33. The van der Waals surface area contributed by atoms with Gasteiger partial charge in [-0.25, -0.2) is 0 Å². The van der Waals surface area contributed by atoms with E-state index in [1.807, 2.05) is 0 Å². The number of nitrogens with two attached hydrogens (primary N) is 1. The molecular weight excluding hydrogens is 236 g/mol. The highest BCUT2D eigenvalue weighted by Crippen LogP contribution is 2.29. The molecule has 2 aliphatic rings. The van der Waals surface area contributed by atoms with Crippen LogP contribution >= 0.6 is 12.2 Å². The number of rotatable bonds is 3. The zero-order valence-electron chi connectivity index (χ0n) is 10.6. The van der Waals surface area contributed by atoms with E-state index in [1.54, 1.807) is 0 Å². The van der Waals surface area contributed by atoms with E-state index in [-0.39, 0.29) is 11.7 Å². The Hall–Kier alpha value is -0.230. The van der Waals surface area contributed by atoms with Crippen LogP contribution in [0.5, 0.6) is 0 Å². The van der Waals surface area contributed by atoms with Crippen molar-refractivity contribution in [2.45, 2.75) is 44.5 Å². The first-order chi connectivity index (χ1) is 7.96. The van der Waals surface area contributed by atoms with E-state index in [0.29, 0.717) is 17.7 Å². The maximum Gasteiger partial charge on any atom is 0.120 e. The van der Waals surface area contributed by atoms with Crippen LogP contribution in [0.1, 0.15) is 26.7 Å². The molecule has 2 saturated heterocycles. The fraction of sp³-hybridized carbons (Fsp3) is 0.917. The highest BCUT2D eigenvalue weighted by atomic mass is 32.1. The summed E-state index contributed by atoms with van der Waals surface area (Å²) < 4.78 is 11.5. The molecule has 0 amide bonds. The minimum absolute atomic E-state index is 0.0412. The Morgan fingerprint density at radius 1 is 1.53 bits per heavy atom. The van der Waals surface area contributed by atoms with E-state index < -0.39 is 0 Å². The second kappa shape index (κ2) is 5.18. The van der Waals surface area contributed by atoms with Crippen molar-refractivity contribution in [3.05, 3.63) is 0 Å². The van der Waals surface area contributed by atoms with Crippen molar-refractivity contribution in [2.24, 2.45) is 5.73 Å². The van der Waals surface area contributed by atoms with Gasteiger partial charge in [-0.3, -0.25) is 4.90 Å². The molecule has 2 N–H and O–H groups in total. The number of thiocarbonyl (C=S) groups is 1. The zero-order chi connectivity index (χ0) is 12.5. The lowest BCUT2D eigenvalue weighted by Crippen LogP contribution is -2.49. The van der Waals surface area contributed by atoms with E-state index >= 15 is 0 Å². The maximum atomic E-state index is 6.00. The zero-order valence-corrected chi connectivity index (χ0v) is 11.5. The Morgan fingerprint density at radius 3 is 2.88 bits per heavy atom. The van der Waals surface area contributed by atoms with Crippen LogP contribution in [0.25, 0.3) is 0 Å². The van der Waals surface area contributed by atoms with Crippen LogP contribution in [0.3, 0.4) is 0 Å². The van der Waals surface area contributed by atoms with E-state index in [9.17, 15) is 0 Å². The normalized spacial score (nSPS) is 33.8. The molecule has 2 fully saturated rings. The summed E-state index contributed by atoms with van der Waals surface area (Å²) in [6.07, 6.45) is 2.53. The Labute approximate surface area is 108 Å². The van der Waals surface area contributed by atoms with Gasteiger partial charge in [0.2, 0.25) is 0 Å². The average molecular weight is 258 g/mol. The average Bonchev–Trinajstić information content (AvgIpc) is 2.58. The monoisotopic (exact) mass is 258 g/mol. The van der Waals surface area contributed by atoms with Crippen molar-refractivity contribution in [1.82, 2.24) is 4.90 Å². The smallest absolute Gasteiger partial charge is 0.120 e. The number of ether oxygens (including phenoxy) is 2. The van der Waals surface area contributed by atoms with Crippen molar-refractivity contribution in [3.63, 3.8) is 0 Å². The summed E-state index contributed by atoms with van der Waals surface area (Å²) in [4.78, 5) is 2.81. The third-order valence-corrected chi connectivity index (χ3v) is 3.75. The first-order valence-electron chi connectivity index (χ1n) is 6.27. The van der Waals surface area contributed by atoms with Crippen molar-refractivity contribution in [3.8, 4) is 0 Å². The summed E-state index contributed by atoms with van der Waals surface area (Å²) in [5, 5.41) is 0. The van der Waals surface area contributed by atoms with Gasteiger partial charge in [0.15, 0.2) is 0 Å². The minimum atomic E-state index is -0.0897. The Kier molecular flexibility index (Phi) is 4.02.